The minimum Gasteiger partial charge on any atom is -0.459 e. The Morgan fingerprint density at radius 3 is 2.85 bits per heavy atom. The number of ether oxygens (including phenoxy) is 1. The van der Waals surface area contributed by atoms with E-state index in [1.54, 1.807) is 6.92 Å². The SMILES string of the molecule is CC(=O)CC1NC(S)C(C)OC1=O. The zero-order valence-corrected chi connectivity index (χ0v) is 8.51. The zero-order chi connectivity index (χ0) is 10.0. The van der Waals surface area contributed by atoms with E-state index in [1.807, 2.05) is 0 Å². The molecule has 1 fully saturated rings. The van der Waals surface area contributed by atoms with Crippen LogP contribution in [0.4, 0.5) is 0 Å². The standard InChI is InChI=1S/C8H13NO3S/c1-4(10)3-6-8(11)12-5(2)7(13)9-6/h5-7,9,13H,3H2,1-2H3. The van der Waals surface area contributed by atoms with E-state index in [9.17, 15) is 9.59 Å². The minimum absolute atomic E-state index is 0.0375. The fourth-order valence-corrected chi connectivity index (χ4v) is 1.41. The van der Waals surface area contributed by atoms with Crippen molar-refractivity contribution in [1.82, 2.24) is 5.32 Å². The molecule has 13 heavy (non-hydrogen) atoms. The average molecular weight is 203 g/mol. The summed E-state index contributed by atoms with van der Waals surface area (Å²) in [6.45, 7) is 3.20. The number of Topliss-reactive ketones (excluding diaryl/α,β-unsaturated/α-hetero) is 1. The number of nitrogens with one attached hydrogen (secondary N) is 1. The number of carbonyl (C=O) groups excluding carboxylic acids is 2. The van der Waals surface area contributed by atoms with E-state index in [-0.39, 0.29) is 29.7 Å². The van der Waals surface area contributed by atoms with Crippen LogP contribution in [0.5, 0.6) is 0 Å². The molecule has 0 radical (unpaired) electrons. The average Bonchev–Trinajstić information content (AvgIpc) is 1.99. The summed E-state index contributed by atoms with van der Waals surface area (Å²) < 4.78 is 4.98. The summed E-state index contributed by atoms with van der Waals surface area (Å²) in [5, 5.41) is 2.72. The van der Waals surface area contributed by atoms with Crippen molar-refractivity contribution >= 4 is 24.4 Å². The van der Waals surface area contributed by atoms with E-state index < -0.39 is 6.04 Å². The quantitative estimate of drug-likeness (QED) is 0.494. The smallest absolute Gasteiger partial charge is 0.323 e. The van der Waals surface area contributed by atoms with Gasteiger partial charge in [-0.15, -0.1) is 0 Å². The van der Waals surface area contributed by atoms with Gasteiger partial charge in [-0.05, 0) is 13.8 Å². The van der Waals surface area contributed by atoms with Crippen molar-refractivity contribution < 1.29 is 14.3 Å². The van der Waals surface area contributed by atoms with Crippen LogP contribution in [0.15, 0.2) is 0 Å². The summed E-state index contributed by atoms with van der Waals surface area (Å²) in [7, 11) is 0. The van der Waals surface area contributed by atoms with Crippen LogP contribution in [0.2, 0.25) is 0 Å². The molecule has 3 unspecified atom stereocenters. The van der Waals surface area contributed by atoms with Crippen LogP contribution in [0.1, 0.15) is 20.3 Å². The zero-order valence-electron chi connectivity index (χ0n) is 7.61. The molecular formula is C8H13NO3S. The van der Waals surface area contributed by atoms with Gasteiger partial charge in [0.2, 0.25) is 0 Å². The van der Waals surface area contributed by atoms with Gasteiger partial charge in [0, 0.05) is 6.42 Å². The monoisotopic (exact) mass is 203 g/mol. The second-order valence-electron chi connectivity index (χ2n) is 3.21. The molecule has 0 aliphatic carbocycles. The van der Waals surface area contributed by atoms with E-state index >= 15 is 0 Å². The topological polar surface area (TPSA) is 55.4 Å². The third kappa shape index (κ3) is 2.70. The third-order valence-corrected chi connectivity index (χ3v) is 2.46. The number of rotatable bonds is 2. The molecule has 1 heterocycles. The number of cyclic esters (lactones) is 1. The molecule has 1 saturated heterocycles. The molecule has 0 aromatic rings. The Hall–Kier alpha value is -0.550. The highest BCUT2D eigenvalue weighted by molar-refractivity contribution is 7.81. The predicted octanol–water partition coefficient (Wildman–Crippen LogP) is 0.125. The first-order valence-corrected chi connectivity index (χ1v) is 4.66. The van der Waals surface area contributed by atoms with Crippen LogP contribution in [0, 0.1) is 0 Å². The lowest BCUT2D eigenvalue weighted by Crippen LogP contribution is -2.54. The molecule has 0 saturated carbocycles. The molecule has 0 aromatic heterocycles. The Morgan fingerprint density at radius 2 is 2.31 bits per heavy atom. The fraction of sp³-hybridized carbons (Fsp3) is 0.750. The molecule has 0 bridgehead atoms. The van der Waals surface area contributed by atoms with Crippen molar-refractivity contribution in [2.24, 2.45) is 0 Å². The molecule has 0 spiro atoms. The number of hydrogen-bond donors (Lipinski definition) is 2. The van der Waals surface area contributed by atoms with Crippen molar-refractivity contribution in [3.05, 3.63) is 0 Å². The van der Waals surface area contributed by atoms with E-state index in [0.29, 0.717) is 0 Å². The molecule has 1 aliphatic rings. The highest BCUT2D eigenvalue weighted by Crippen LogP contribution is 2.13. The van der Waals surface area contributed by atoms with E-state index in [1.165, 1.54) is 6.92 Å². The van der Waals surface area contributed by atoms with Gasteiger partial charge in [0.15, 0.2) is 0 Å². The summed E-state index contributed by atoms with van der Waals surface area (Å²) in [6, 6.07) is -0.531. The molecule has 1 rings (SSSR count). The lowest BCUT2D eigenvalue weighted by Gasteiger charge is -2.31. The Morgan fingerprint density at radius 1 is 1.69 bits per heavy atom. The number of morpholine rings is 1. The van der Waals surface area contributed by atoms with Crippen LogP contribution in [0.25, 0.3) is 0 Å². The number of esters is 1. The summed E-state index contributed by atoms with van der Waals surface area (Å²) in [5.41, 5.74) is 0. The normalized spacial score (nSPS) is 34.1. The lowest BCUT2D eigenvalue weighted by atomic mass is 10.1. The van der Waals surface area contributed by atoms with Crippen LogP contribution in [-0.4, -0.2) is 29.3 Å². The highest BCUT2D eigenvalue weighted by atomic mass is 32.1. The number of hydrogen-bond acceptors (Lipinski definition) is 5. The first kappa shape index (κ1) is 10.5. The molecule has 5 heteroatoms. The van der Waals surface area contributed by atoms with Gasteiger partial charge in [-0.25, -0.2) is 0 Å². The summed E-state index contributed by atoms with van der Waals surface area (Å²) >= 11 is 4.18. The van der Waals surface area contributed by atoms with Crippen molar-refractivity contribution in [3.63, 3.8) is 0 Å². The second kappa shape index (κ2) is 4.11. The Kier molecular flexibility index (Phi) is 3.33. The van der Waals surface area contributed by atoms with E-state index in [2.05, 4.69) is 17.9 Å². The molecular weight excluding hydrogens is 190 g/mol. The van der Waals surface area contributed by atoms with Crippen molar-refractivity contribution in [3.8, 4) is 0 Å². The van der Waals surface area contributed by atoms with Crippen molar-refractivity contribution in [2.45, 2.75) is 37.8 Å². The largest absolute Gasteiger partial charge is 0.459 e. The lowest BCUT2D eigenvalue weighted by molar-refractivity contribution is -0.157. The van der Waals surface area contributed by atoms with Gasteiger partial charge >= 0.3 is 5.97 Å². The first-order chi connectivity index (χ1) is 6.00. The van der Waals surface area contributed by atoms with Gasteiger partial charge in [0.1, 0.15) is 17.9 Å². The summed E-state index contributed by atoms with van der Waals surface area (Å²) in [6.07, 6.45) is -0.0816. The molecule has 0 amide bonds. The Bertz CT molecular complexity index is 231. The van der Waals surface area contributed by atoms with Gasteiger partial charge in [-0.3, -0.25) is 14.9 Å². The van der Waals surface area contributed by atoms with Crippen LogP contribution >= 0.6 is 12.6 Å². The van der Waals surface area contributed by atoms with Crippen molar-refractivity contribution in [2.75, 3.05) is 0 Å². The molecule has 3 atom stereocenters. The van der Waals surface area contributed by atoms with Crippen LogP contribution in [-0.2, 0) is 14.3 Å². The van der Waals surface area contributed by atoms with E-state index in [0.717, 1.165) is 0 Å². The second-order valence-corrected chi connectivity index (χ2v) is 3.77. The molecule has 1 aliphatic heterocycles. The summed E-state index contributed by atoms with van der Waals surface area (Å²) in [5.74, 6) is -0.405. The number of carbonyl (C=O) groups is 2. The van der Waals surface area contributed by atoms with Crippen LogP contribution < -0.4 is 5.32 Å². The van der Waals surface area contributed by atoms with Gasteiger partial charge in [0.05, 0.1) is 5.37 Å². The van der Waals surface area contributed by atoms with Gasteiger partial charge in [0.25, 0.3) is 0 Å². The predicted molar refractivity (Wildman–Crippen MR) is 50.5 cm³/mol. The molecule has 0 aromatic carbocycles. The molecule has 74 valence electrons. The third-order valence-electron chi connectivity index (χ3n) is 1.89. The maximum Gasteiger partial charge on any atom is 0.323 e. The first-order valence-electron chi connectivity index (χ1n) is 4.14. The van der Waals surface area contributed by atoms with Gasteiger partial charge < -0.3 is 4.74 Å². The summed E-state index contributed by atoms with van der Waals surface area (Å²) in [4.78, 5) is 22.0. The van der Waals surface area contributed by atoms with Gasteiger partial charge in [-0.1, -0.05) is 0 Å². The van der Waals surface area contributed by atoms with Crippen molar-refractivity contribution in [1.29, 1.82) is 0 Å². The highest BCUT2D eigenvalue weighted by Gasteiger charge is 2.33. The maximum atomic E-state index is 11.2. The maximum absolute atomic E-state index is 11.2. The van der Waals surface area contributed by atoms with Gasteiger partial charge in [-0.2, -0.15) is 12.6 Å². The fourth-order valence-electron chi connectivity index (χ4n) is 1.17. The number of ketones is 1. The van der Waals surface area contributed by atoms with Crippen LogP contribution in [0.3, 0.4) is 0 Å². The van der Waals surface area contributed by atoms with E-state index in [4.69, 9.17) is 4.74 Å². The molecule has 4 nitrogen and oxygen atoms in total. The minimum atomic E-state index is -0.531. The number of thiol groups is 1. The molecule has 1 N–H and O–H groups in total. The Balaban J connectivity index is 2.56. The Labute approximate surface area is 82.4 Å².